The van der Waals surface area contributed by atoms with E-state index in [1.54, 1.807) is 11.3 Å². The minimum absolute atomic E-state index is 0.116. The molecule has 0 aliphatic rings. The topological polar surface area (TPSA) is 50.9 Å². The maximum absolute atomic E-state index is 5.70. The zero-order valence-electron chi connectivity index (χ0n) is 10.4. The standard InChI is InChI=1S/C15H15N3S/c16-18-15(8-14-9-17-10-19-14)13-6-5-11-3-1-2-4-12(11)7-13/h1-7,9-10,15,18H,8,16H2. The molecule has 0 fully saturated rings. The number of hydrazine groups is 1. The summed E-state index contributed by atoms with van der Waals surface area (Å²) in [6, 6.07) is 14.9. The van der Waals surface area contributed by atoms with Crippen LogP contribution in [0.5, 0.6) is 0 Å². The average Bonchev–Trinajstić information content (AvgIpc) is 2.97. The first kappa shape index (κ1) is 12.3. The number of hydrogen-bond acceptors (Lipinski definition) is 4. The summed E-state index contributed by atoms with van der Waals surface area (Å²) < 4.78 is 0. The first-order valence-electron chi connectivity index (χ1n) is 6.19. The van der Waals surface area contributed by atoms with Gasteiger partial charge in [-0.3, -0.25) is 16.3 Å². The van der Waals surface area contributed by atoms with Gasteiger partial charge in [0.2, 0.25) is 0 Å². The van der Waals surface area contributed by atoms with E-state index in [1.807, 2.05) is 11.7 Å². The second-order valence-electron chi connectivity index (χ2n) is 4.50. The molecule has 1 unspecified atom stereocenters. The summed E-state index contributed by atoms with van der Waals surface area (Å²) >= 11 is 1.66. The van der Waals surface area contributed by atoms with E-state index >= 15 is 0 Å². The van der Waals surface area contributed by atoms with Gasteiger partial charge >= 0.3 is 0 Å². The van der Waals surface area contributed by atoms with Crippen molar-refractivity contribution in [3.63, 3.8) is 0 Å². The van der Waals surface area contributed by atoms with Crippen LogP contribution in [0.4, 0.5) is 0 Å². The molecule has 3 N–H and O–H groups in total. The fourth-order valence-corrected chi connectivity index (χ4v) is 2.88. The fraction of sp³-hybridized carbons (Fsp3) is 0.133. The van der Waals surface area contributed by atoms with Crippen LogP contribution in [0.3, 0.4) is 0 Å². The minimum atomic E-state index is 0.116. The molecule has 3 rings (SSSR count). The van der Waals surface area contributed by atoms with Crippen molar-refractivity contribution in [1.29, 1.82) is 0 Å². The van der Waals surface area contributed by atoms with E-state index in [4.69, 9.17) is 5.84 Å². The van der Waals surface area contributed by atoms with Crippen LogP contribution in [-0.2, 0) is 6.42 Å². The van der Waals surface area contributed by atoms with Gasteiger partial charge < -0.3 is 0 Å². The summed E-state index contributed by atoms with van der Waals surface area (Å²) in [5.41, 5.74) is 5.95. The van der Waals surface area contributed by atoms with Crippen molar-refractivity contribution in [3.8, 4) is 0 Å². The van der Waals surface area contributed by atoms with Crippen molar-refractivity contribution in [2.45, 2.75) is 12.5 Å². The van der Waals surface area contributed by atoms with Crippen LogP contribution in [0.25, 0.3) is 10.8 Å². The maximum Gasteiger partial charge on any atom is 0.0794 e. The molecule has 3 aromatic rings. The van der Waals surface area contributed by atoms with Crippen molar-refractivity contribution in [3.05, 3.63) is 64.6 Å². The Bertz CT molecular complexity index is 664. The second-order valence-corrected chi connectivity index (χ2v) is 5.47. The van der Waals surface area contributed by atoms with E-state index in [1.165, 1.54) is 21.2 Å². The Morgan fingerprint density at radius 2 is 2.00 bits per heavy atom. The molecule has 19 heavy (non-hydrogen) atoms. The molecule has 0 saturated carbocycles. The van der Waals surface area contributed by atoms with Crippen molar-refractivity contribution < 1.29 is 0 Å². The highest BCUT2D eigenvalue weighted by Crippen LogP contribution is 2.23. The number of nitrogens with two attached hydrogens (primary N) is 1. The SMILES string of the molecule is NNC(Cc1cncs1)c1ccc2ccccc2c1. The van der Waals surface area contributed by atoms with Crippen LogP contribution >= 0.6 is 11.3 Å². The molecule has 0 saturated heterocycles. The fourth-order valence-electron chi connectivity index (χ4n) is 2.24. The van der Waals surface area contributed by atoms with Crippen LogP contribution in [0, 0.1) is 0 Å². The quantitative estimate of drug-likeness (QED) is 0.565. The van der Waals surface area contributed by atoms with E-state index in [0.717, 1.165) is 6.42 Å². The summed E-state index contributed by atoms with van der Waals surface area (Å²) in [5, 5.41) is 2.49. The number of fused-ring (bicyclic) bond motifs is 1. The Balaban J connectivity index is 1.92. The number of nitrogens with zero attached hydrogens (tertiary/aromatic N) is 1. The summed E-state index contributed by atoms with van der Waals surface area (Å²) in [5.74, 6) is 5.70. The number of aromatic nitrogens is 1. The first-order chi connectivity index (χ1) is 9.36. The molecule has 0 radical (unpaired) electrons. The number of nitrogens with one attached hydrogen (secondary N) is 1. The summed E-state index contributed by atoms with van der Waals surface area (Å²) in [7, 11) is 0. The van der Waals surface area contributed by atoms with E-state index in [9.17, 15) is 0 Å². The smallest absolute Gasteiger partial charge is 0.0794 e. The van der Waals surface area contributed by atoms with Gasteiger partial charge in [0, 0.05) is 17.5 Å². The lowest BCUT2D eigenvalue weighted by Gasteiger charge is -2.16. The largest absolute Gasteiger partial charge is 0.271 e. The van der Waals surface area contributed by atoms with E-state index < -0.39 is 0 Å². The van der Waals surface area contributed by atoms with Crippen LogP contribution in [0.15, 0.2) is 54.2 Å². The molecular weight excluding hydrogens is 254 g/mol. The van der Waals surface area contributed by atoms with Crippen LogP contribution in [0.2, 0.25) is 0 Å². The van der Waals surface area contributed by atoms with Gasteiger partial charge in [0.25, 0.3) is 0 Å². The van der Waals surface area contributed by atoms with Crippen molar-refractivity contribution in [2.75, 3.05) is 0 Å². The van der Waals surface area contributed by atoms with E-state index in [-0.39, 0.29) is 6.04 Å². The number of hydrogen-bond donors (Lipinski definition) is 2. The van der Waals surface area contributed by atoms with Gasteiger partial charge in [-0.15, -0.1) is 11.3 Å². The number of benzene rings is 2. The molecular formula is C15H15N3S. The second kappa shape index (κ2) is 5.48. The molecule has 0 aliphatic carbocycles. The Morgan fingerprint density at radius 3 is 2.74 bits per heavy atom. The zero-order valence-corrected chi connectivity index (χ0v) is 11.2. The molecule has 0 bridgehead atoms. The molecule has 0 amide bonds. The van der Waals surface area contributed by atoms with E-state index in [0.29, 0.717) is 0 Å². The molecule has 0 spiro atoms. The third kappa shape index (κ3) is 2.66. The van der Waals surface area contributed by atoms with Gasteiger partial charge in [0.15, 0.2) is 0 Å². The molecule has 2 aromatic carbocycles. The van der Waals surface area contributed by atoms with Gasteiger partial charge in [-0.2, -0.15) is 0 Å². The molecule has 1 atom stereocenters. The highest BCUT2D eigenvalue weighted by Gasteiger charge is 2.11. The van der Waals surface area contributed by atoms with Crippen molar-refractivity contribution in [1.82, 2.24) is 10.4 Å². The molecule has 96 valence electrons. The third-order valence-corrected chi connectivity index (χ3v) is 4.07. The summed E-state index contributed by atoms with van der Waals surface area (Å²) in [4.78, 5) is 5.34. The Hall–Kier alpha value is -1.75. The van der Waals surface area contributed by atoms with Gasteiger partial charge in [-0.25, -0.2) is 0 Å². The third-order valence-electron chi connectivity index (χ3n) is 3.27. The minimum Gasteiger partial charge on any atom is -0.271 e. The monoisotopic (exact) mass is 269 g/mol. The molecule has 4 heteroatoms. The summed E-state index contributed by atoms with van der Waals surface area (Å²) in [6.07, 6.45) is 2.76. The average molecular weight is 269 g/mol. The van der Waals surface area contributed by atoms with Crippen LogP contribution < -0.4 is 11.3 Å². The van der Waals surface area contributed by atoms with Crippen LogP contribution in [-0.4, -0.2) is 4.98 Å². The van der Waals surface area contributed by atoms with Crippen molar-refractivity contribution >= 4 is 22.1 Å². The predicted octanol–water partition coefficient (Wildman–Crippen LogP) is 3.04. The van der Waals surface area contributed by atoms with E-state index in [2.05, 4.69) is 52.9 Å². The number of rotatable bonds is 4. The molecule has 0 aliphatic heterocycles. The normalized spacial score (nSPS) is 12.7. The number of thiazole rings is 1. The van der Waals surface area contributed by atoms with Crippen LogP contribution in [0.1, 0.15) is 16.5 Å². The molecule has 3 nitrogen and oxygen atoms in total. The molecule has 1 aromatic heterocycles. The van der Waals surface area contributed by atoms with Crippen molar-refractivity contribution in [2.24, 2.45) is 5.84 Å². The van der Waals surface area contributed by atoms with Gasteiger partial charge in [-0.1, -0.05) is 36.4 Å². The lowest BCUT2D eigenvalue weighted by Crippen LogP contribution is -2.29. The summed E-state index contributed by atoms with van der Waals surface area (Å²) in [6.45, 7) is 0. The zero-order chi connectivity index (χ0) is 13.1. The lowest BCUT2D eigenvalue weighted by molar-refractivity contribution is 0.556. The lowest BCUT2D eigenvalue weighted by atomic mass is 10.00. The Morgan fingerprint density at radius 1 is 1.16 bits per heavy atom. The highest BCUT2D eigenvalue weighted by molar-refractivity contribution is 7.09. The maximum atomic E-state index is 5.70. The highest BCUT2D eigenvalue weighted by atomic mass is 32.1. The van der Waals surface area contributed by atoms with Gasteiger partial charge in [-0.05, 0) is 22.4 Å². The van der Waals surface area contributed by atoms with Gasteiger partial charge in [0.05, 0.1) is 11.6 Å². The first-order valence-corrected chi connectivity index (χ1v) is 7.07. The predicted molar refractivity (Wildman–Crippen MR) is 79.8 cm³/mol. The van der Waals surface area contributed by atoms with Gasteiger partial charge in [0.1, 0.15) is 0 Å². The Labute approximate surface area is 116 Å². The molecule has 1 heterocycles. The Kier molecular flexibility index (Phi) is 3.55.